The molecular formula is C16H24N2O4S. The van der Waals surface area contributed by atoms with Crippen LogP contribution in [0, 0.1) is 0 Å². The molecule has 2 aliphatic heterocycles. The number of hydrogen-bond acceptors (Lipinski definition) is 5. The van der Waals surface area contributed by atoms with E-state index in [-0.39, 0.29) is 11.5 Å². The van der Waals surface area contributed by atoms with Crippen molar-refractivity contribution < 1.29 is 17.9 Å². The normalized spacial score (nSPS) is 20.8. The fraction of sp³-hybridized carbons (Fsp3) is 0.625. The van der Waals surface area contributed by atoms with Gasteiger partial charge in [-0.25, -0.2) is 8.42 Å². The van der Waals surface area contributed by atoms with Gasteiger partial charge in [0.2, 0.25) is 10.0 Å². The van der Waals surface area contributed by atoms with E-state index in [2.05, 4.69) is 9.62 Å². The lowest BCUT2D eigenvalue weighted by Crippen LogP contribution is -2.45. The molecule has 2 heterocycles. The maximum Gasteiger partial charge on any atom is 0.232 e. The second kappa shape index (κ2) is 6.67. The van der Waals surface area contributed by atoms with Crippen LogP contribution in [0.4, 0.5) is 11.4 Å². The first-order valence-electron chi connectivity index (χ1n) is 8.15. The second-order valence-corrected chi connectivity index (χ2v) is 7.90. The van der Waals surface area contributed by atoms with Crippen LogP contribution in [-0.2, 0) is 19.5 Å². The zero-order valence-electron chi connectivity index (χ0n) is 13.5. The van der Waals surface area contributed by atoms with Gasteiger partial charge in [0, 0.05) is 37.3 Å². The van der Waals surface area contributed by atoms with Crippen molar-refractivity contribution >= 4 is 21.4 Å². The lowest BCUT2D eigenvalue weighted by atomic mass is 10.0. The van der Waals surface area contributed by atoms with Gasteiger partial charge in [0.1, 0.15) is 0 Å². The molecule has 128 valence electrons. The smallest absolute Gasteiger partial charge is 0.232 e. The molecule has 6 nitrogen and oxygen atoms in total. The van der Waals surface area contributed by atoms with E-state index < -0.39 is 10.0 Å². The highest BCUT2D eigenvalue weighted by Crippen LogP contribution is 2.33. The van der Waals surface area contributed by atoms with Crippen LogP contribution in [0.25, 0.3) is 0 Å². The first kappa shape index (κ1) is 16.5. The summed E-state index contributed by atoms with van der Waals surface area (Å²) in [6.07, 6.45) is 2.32. The van der Waals surface area contributed by atoms with Gasteiger partial charge >= 0.3 is 0 Å². The van der Waals surface area contributed by atoms with E-state index >= 15 is 0 Å². The molecule has 1 aromatic carbocycles. The molecule has 0 unspecified atom stereocenters. The lowest BCUT2D eigenvalue weighted by molar-refractivity contribution is -0.169. The number of nitrogens with zero attached hydrogens (tertiary/aromatic N) is 1. The van der Waals surface area contributed by atoms with Crippen molar-refractivity contribution in [2.75, 3.05) is 41.7 Å². The van der Waals surface area contributed by atoms with Crippen LogP contribution < -0.4 is 9.62 Å². The van der Waals surface area contributed by atoms with E-state index in [4.69, 9.17) is 9.47 Å². The Morgan fingerprint density at radius 2 is 1.74 bits per heavy atom. The SMILES string of the molecule is CCCS(=O)(=O)Nc1ccc(N2CCC3(CC2)OCCO3)cc1. The van der Waals surface area contributed by atoms with Gasteiger partial charge < -0.3 is 14.4 Å². The molecule has 1 N–H and O–H groups in total. The van der Waals surface area contributed by atoms with Gasteiger partial charge in [-0.15, -0.1) is 0 Å². The number of rotatable bonds is 5. The fourth-order valence-electron chi connectivity index (χ4n) is 3.13. The van der Waals surface area contributed by atoms with Crippen LogP contribution in [0.1, 0.15) is 26.2 Å². The molecule has 2 saturated heterocycles. The van der Waals surface area contributed by atoms with Crippen molar-refractivity contribution in [2.24, 2.45) is 0 Å². The molecule has 23 heavy (non-hydrogen) atoms. The van der Waals surface area contributed by atoms with Crippen molar-refractivity contribution in [1.82, 2.24) is 0 Å². The van der Waals surface area contributed by atoms with Gasteiger partial charge in [0.25, 0.3) is 0 Å². The third-order valence-electron chi connectivity index (χ3n) is 4.32. The zero-order valence-corrected chi connectivity index (χ0v) is 14.3. The van der Waals surface area contributed by atoms with E-state index in [9.17, 15) is 8.42 Å². The summed E-state index contributed by atoms with van der Waals surface area (Å²) in [6, 6.07) is 7.54. The van der Waals surface area contributed by atoms with E-state index in [0.717, 1.165) is 31.6 Å². The standard InChI is InChI=1S/C16H24N2O4S/c1-2-13-23(19,20)17-14-3-5-15(6-4-14)18-9-7-16(8-10-18)21-11-12-22-16/h3-6,17H,2,7-13H2,1H3. The fourth-order valence-corrected chi connectivity index (χ4v) is 4.27. The van der Waals surface area contributed by atoms with Crippen molar-refractivity contribution in [2.45, 2.75) is 32.0 Å². The predicted molar refractivity (Wildman–Crippen MR) is 90.2 cm³/mol. The van der Waals surface area contributed by atoms with Gasteiger partial charge in [-0.05, 0) is 30.7 Å². The Hall–Kier alpha value is -1.31. The number of benzene rings is 1. The third kappa shape index (κ3) is 3.97. The van der Waals surface area contributed by atoms with Gasteiger partial charge in [-0.3, -0.25) is 4.72 Å². The summed E-state index contributed by atoms with van der Waals surface area (Å²) < 4.78 is 37.6. The summed E-state index contributed by atoms with van der Waals surface area (Å²) in [4.78, 5) is 2.28. The van der Waals surface area contributed by atoms with Gasteiger partial charge in [-0.2, -0.15) is 0 Å². The van der Waals surface area contributed by atoms with Crippen LogP contribution >= 0.6 is 0 Å². The molecule has 0 aromatic heterocycles. The Morgan fingerprint density at radius 1 is 1.13 bits per heavy atom. The second-order valence-electron chi connectivity index (χ2n) is 6.06. The Labute approximate surface area is 137 Å². The number of ether oxygens (including phenoxy) is 2. The third-order valence-corrected chi connectivity index (χ3v) is 5.81. The van der Waals surface area contributed by atoms with E-state index in [0.29, 0.717) is 25.3 Å². The molecule has 0 amide bonds. The predicted octanol–water partition coefficient (Wildman–Crippen LogP) is 2.18. The molecule has 3 rings (SSSR count). The first-order chi connectivity index (χ1) is 11.0. The molecule has 2 aliphatic rings. The summed E-state index contributed by atoms with van der Waals surface area (Å²) in [5.41, 5.74) is 1.70. The van der Waals surface area contributed by atoms with Gasteiger partial charge in [0.15, 0.2) is 5.79 Å². The summed E-state index contributed by atoms with van der Waals surface area (Å²) >= 11 is 0. The topological polar surface area (TPSA) is 67.9 Å². The lowest BCUT2D eigenvalue weighted by Gasteiger charge is -2.38. The van der Waals surface area contributed by atoms with E-state index in [1.54, 1.807) is 0 Å². The summed E-state index contributed by atoms with van der Waals surface area (Å²) in [5, 5.41) is 0. The molecule has 7 heteroatoms. The highest BCUT2D eigenvalue weighted by molar-refractivity contribution is 7.92. The maximum atomic E-state index is 11.8. The van der Waals surface area contributed by atoms with E-state index in [1.165, 1.54) is 0 Å². The minimum atomic E-state index is -3.23. The van der Waals surface area contributed by atoms with Crippen LogP contribution in [0.3, 0.4) is 0 Å². The number of piperidine rings is 1. The van der Waals surface area contributed by atoms with Crippen molar-refractivity contribution in [3.63, 3.8) is 0 Å². The van der Waals surface area contributed by atoms with Crippen molar-refractivity contribution in [3.05, 3.63) is 24.3 Å². The molecular weight excluding hydrogens is 316 g/mol. The number of anilines is 2. The number of hydrogen-bond donors (Lipinski definition) is 1. The van der Waals surface area contributed by atoms with Gasteiger partial charge in [0.05, 0.1) is 19.0 Å². The molecule has 0 saturated carbocycles. The molecule has 0 atom stereocenters. The molecule has 2 fully saturated rings. The quantitative estimate of drug-likeness (QED) is 0.890. The van der Waals surface area contributed by atoms with Crippen LogP contribution in [0.15, 0.2) is 24.3 Å². The Bertz CT molecular complexity index is 614. The minimum absolute atomic E-state index is 0.142. The number of sulfonamides is 1. The summed E-state index contributed by atoms with van der Waals surface area (Å²) in [6.45, 7) is 4.98. The number of nitrogens with one attached hydrogen (secondary N) is 1. The Balaban J connectivity index is 1.60. The molecule has 1 spiro atoms. The molecule has 0 bridgehead atoms. The molecule has 1 aromatic rings. The highest BCUT2D eigenvalue weighted by atomic mass is 32.2. The average Bonchev–Trinajstić information content (AvgIpc) is 2.97. The monoisotopic (exact) mass is 340 g/mol. The van der Waals surface area contributed by atoms with E-state index in [1.807, 2.05) is 31.2 Å². The van der Waals surface area contributed by atoms with Crippen LogP contribution in [-0.4, -0.2) is 46.3 Å². The highest BCUT2D eigenvalue weighted by Gasteiger charge is 2.39. The molecule has 0 radical (unpaired) electrons. The van der Waals surface area contributed by atoms with Gasteiger partial charge in [-0.1, -0.05) is 6.92 Å². The minimum Gasteiger partial charge on any atom is -0.371 e. The Morgan fingerprint density at radius 3 is 2.30 bits per heavy atom. The zero-order chi connectivity index (χ0) is 16.3. The Kier molecular flexibility index (Phi) is 4.79. The largest absolute Gasteiger partial charge is 0.371 e. The summed E-state index contributed by atoms with van der Waals surface area (Å²) in [7, 11) is -3.23. The van der Waals surface area contributed by atoms with Crippen LogP contribution in [0.5, 0.6) is 0 Å². The summed E-state index contributed by atoms with van der Waals surface area (Å²) in [5.74, 6) is -0.227. The van der Waals surface area contributed by atoms with Crippen molar-refractivity contribution in [3.8, 4) is 0 Å². The van der Waals surface area contributed by atoms with Crippen LogP contribution in [0.2, 0.25) is 0 Å². The molecule has 0 aliphatic carbocycles. The van der Waals surface area contributed by atoms with Crippen molar-refractivity contribution in [1.29, 1.82) is 0 Å². The average molecular weight is 340 g/mol. The maximum absolute atomic E-state index is 11.8. The first-order valence-corrected chi connectivity index (χ1v) is 9.81.